The van der Waals surface area contributed by atoms with E-state index in [0.717, 1.165) is 17.0 Å². The van der Waals surface area contributed by atoms with Crippen LogP contribution in [0.5, 0.6) is 5.75 Å². The molecule has 94 valence electrons. The summed E-state index contributed by atoms with van der Waals surface area (Å²) in [5.74, 6) is 1.04. The number of nitrogen functional groups attached to an aromatic ring is 1. The van der Waals surface area contributed by atoms with Gasteiger partial charge in [-0.2, -0.15) is 0 Å². The Bertz CT molecular complexity index is 599. The summed E-state index contributed by atoms with van der Waals surface area (Å²) in [6.07, 6.45) is 0. The van der Waals surface area contributed by atoms with Crippen LogP contribution in [-0.2, 0) is 0 Å². The Labute approximate surface area is 111 Å². The number of aromatic nitrogens is 2. The standard InChI is InChI=1S/C13H14ClN3O/c1-7-8(2)17-13(15)12(16-7)10-6-9(14)4-5-11(10)18-3/h4-6H,1-3H3,(H2,15,17). The molecule has 0 aliphatic rings. The van der Waals surface area contributed by atoms with E-state index in [-0.39, 0.29) is 0 Å². The second kappa shape index (κ2) is 4.82. The van der Waals surface area contributed by atoms with Gasteiger partial charge in [0.15, 0.2) is 0 Å². The molecule has 1 heterocycles. The molecule has 0 spiro atoms. The molecule has 2 N–H and O–H groups in total. The maximum atomic E-state index is 6.00. The zero-order valence-corrected chi connectivity index (χ0v) is 11.2. The number of methoxy groups -OCH3 is 1. The molecule has 0 bridgehead atoms. The van der Waals surface area contributed by atoms with Gasteiger partial charge in [-0.3, -0.25) is 0 Å². The van der Waals surface area contributed by atoms with Gasteiger partial charge in [0, 0.05) is 10.6 Å². The van der Waals surface area contributed by atoms with E-state index in [9.17, 15) is 0 Å². The van der Waals surface area contributed by atoms with Gasteiger partial charge >= 0.3 is 0 Å². The summed E-state index contributed by atoms with van der Waals surface area (Å²) < 4.78 is 5.30. The number of halogens is 1. The van der Waals surface area contributed by atoms with Gasteiger partial charge in [0.2, 0.25) is 0 Å². The molecule has 0 aliphatic carbocycles. The van der Waals surface area contributed by atoms with Crippen LogP contribution in [0.15, 0.2) is 18.2 Å². The van der Waals surface area contributed by atoms with Gasteiger partial charge in [0.1, 0.15) is 17.3 Å². The second-order valence-electron chi connectivity index (χ2n) is 3.97. The average molecular weight is 264 g/mol. The maximum absolute atomic E-state index is 6.00. The number of hydrogen-bond acceptors (Lipinski definition) is 4. The number of ether oxygens (including phenoxy) is 1. The number of aryl methyl sites for hydroxylation is 2. The smallest absolute Gasteiger partial charge is 0.150 e. The van der Waals surface area contributed by atoms with E-state index >= 15 is 0 Å². The highest BCUT2D eigenvalue weighted by Gasteiger charge is 2.13. The van der Waals surface area contributed by atoms with Gasteiger partial charge in [0.05, 0.1) is 18.5 Å². The molecule has 0 radical (unpaired) electrons. The van der Waals surface area contributed by atoms with Crippen LogP contribution in [-0.4, -0.2) is 17.1 Å². The zero-order valence-electron chi connectivity index (χ0n) is 10.5. The van der Waals surface area contributed by atoms with Crippen molar-refractivity contribution in [2.24, 2.45) is 0 Å². The highest BCUT2D eigenvalue weighted by atomic mass is 35.5. The van der Waals surface area contributed by atoms with Gasteiger partial charge in [-0.15, -0.1) is 0 Å². The number of nitrogens with zero attached hydrogens (tertiary/aromatic N) is 2. The molecule has 1 aromatic heterocycles. The minimum atomic E-state index is 0.374. The lowest BCUT2D eigenvalue weighted by Crippen LogP contribution is -2.03. The molecule has 18 heavy (non-hydrogen) atoms. The first-order valence-electron chi connectivity index (χ1n) is 5.47. The molecule has 0 saturated heterocycles. The molecule has 0 aliphatic heterocycles. The minimum absolute atomic E-state index is 0.374. The van der Waals surface area contributed by atoms with Gasteiger partial charge in [-0.1, -0.05) is 11.6 Å². The van der Waals surface area contributed by atoms with Gasteiger partial charge in [0.25, 0.3) is 0 Å². The van der Waals surface area contributed by atoms with Crippen LogP contribution >= 0.6 is 11.6 Å². The van der Waals surface area contributed by atoms with Crippen molar-refractivity contribution in [1.82, 2.24) is 9.97 Å². The minimum Gasteiger partial charge on any atom is -0.496 e. The number of benzene rings is 1. The Morgan fingerprint density at radius 2 is 1.83 bits per heavy atom. The van der Waals surface area contributed by atoms with Crippen molar-refractivity contribution in [1.29, 1.82) is 0 Å². The largest absolute Gasteiger partial charge is 0.496 e. The SMILES string of the molecule is COc1ccc(Cl)cc1-c1nc(C)c(C)nc1N. The van der Waals surface area contributed by atoms with Crippen molar-refractivity contribution in [3.05, 3.63) is 34.6 Å². The van der Waals surface area contributed by atoms with E-state index in [1.165, 1.54) is 0 Å². The summed E-state index contributed by atoms with van der Waals surface area (Å²) in [7, 11) is 1.59. The van der Waals surface area contributed by atoms with Crippen LogP contribution in [0.1, 0.15) is 11.4 Å². The molecule has 0 unspecified atom stereocenters. The predicted molar refractivity (Wildman–Crippen MR) is 72.9 cm³/mol. The average Bonchev–Trinajstić information content (AvgIpc) is 2.34. The van der Waals surface area contributed by atoms with Gasteiger partial charge in [-0.25, -0.2) is 9.97 Å². The predicted octanol–water partition coefficient (Wildman–Crippen LogP) is 3.00. The van der Waals surface area contributed by atoms with E-state index in [4.69, 9.17) is 22.1 Å². The summed E-state index contributed by atoms with van der Waals surface area (Å²) >= 11 is 6.00. The first-order chi connectivity index (χ1) is 8.52. The van der Waals surface area contributed by atoms with Crippen molar-refractivity contribution in [2.45, 2.75) is 13.8 Å². The van der Waals surface area contributed by atoms with Crippen molar-refractivity contribution in [3.8, 4) is 17.0 Å². The third-order valence-electron chi connectivity index (χ3n) is 2.75. The molecule has 0 fully saturated rings. The lowest BCUT2D eigenvalue weighted by Gasteiger charge is -2.11. The molecule has 1 aromatic carbocycles. The number of hydrogen-bond donors (Lipinski definition) is 1. The van der Waals surface area contributed by atoms with E-state index in [1.807, 2.05) is 13.8 Å². The Balaban J connectivity index is 2.68. The number of nitrogens with two attached hydrogens (primary N) is 1. The number of rotatable bonds is 2. The lowest BCUT2D eigenvalue weighted by atomic mass is 10.1. The van der Waals surface area contributed by atoms with Gasteiger partial charge in [-0.05, 0) is 32.0 Å². The highest BCUT2D eigenvalue weighted by molar-refractivity contribution is 6.31. The topological polar surface area (TPSA) is 61.0 Å². The quantitative estimate of drug-likeness (QED) is 0.905. The highest BCUT2D eigenvalue weighted by Crippen LogP contribution is 2.34. The van der Waals surface area contributed by atoms with E-state index in [1.54, 1.807) is 25.3 Å². The van der Waals surface area contributed by atoms with Crippen LogP contribution in [0.4, 0.5) is 5.82 Å². The van der Waals surface area contributed by atoms with Crippen molar-refractivity contribution in [2.75, 3.05) is 12.8 Å². The normalized spacial score (nSPS) is 10.4. The Kier molecular flexibility index (Phi) is 3.39. The van der Waals surface area contributed by atoms with Gasteiger partial charge < -0.3 is 10.5 Å². The summed E-state index contributed by atoms with van der Waals surface area (Å²) in [6, 6.07) is 5.32. The van der Waals surface area contributed by atoms with E-state index in [2.05, 4.69) is 9.97 Å². The maximum Gasteiger partial charge on any atom is 0.150 e. The molecule has 5 heteroatoms. The van der Waals surface area contributed by atoms with Crippen LogP contribution in [0.25, 0.3) is 11.3 Å². The molecule has 0 amide bonds. The summed E-state index contributed by atoms with van der Waals surface area (Å²) in [4.78, 5) is 8.74. The second-order valence-corrected chi connectivity index (χ2v) is 4.41. The van der Waals surface area contributed by atoms with E-state index < -0.39 is 0 Å². The van der Waals surface area contributed by atoms with Crippen molar-refractivity contribution < 1.29 is 4.74 Å². The third-order valence-corrected chi connectivity index (χ3v) is 2.99. The van der Waals surface area contributed by atoms with Crippen LogP contribution < -0.4 is 10.5 Å². The summed E-state index contributed by atoms with van der Waals surface area (Å²) in [5.41, 5.74) is 8.92. The fraction of sp³-hybridized carbons (Fsp3) is 0.231. The molecule has 2 aromatic rings. The van der Waals surface area contributed by atoms with Crippen molar-refractivity contribution >= 4 is 17.4 Å². The summed E-state index contributed by atoms with van der Waals surface area (Å²) in [6.45, 7) is 3.76. The Morgan fingerprint density at radius 3 is 2.50 bits per heavy atom. The Morgan fingerprint density at radius 1 is 1.17 bits per heavy atom. The lowest BCUT2D eigenvalue weighted by molar-refractivity contribution is 0.416. The van der Waals surface area contributed by atoms with E-state index in [0.29, 0.717) is 22.3 Å². The number of anilines is 1. The molecule has 2 rings (SSSR count). The molecule has 0 saturated carbocycles. The molecular weight excluding hydrogens is 250 g/mol. The Hall–Kier alpha value is -1.81. The molecule has 4 nitrogen and oxygen atoms in total. The monoisotopic (exact) mass is 263 g/mol. The summed E-state index contributed by atoms with van der Waals surface area (Å²) in [5, 5.41) is 0.602. The zero-order chi connectivity index (χ0) is 13.3. The fourth-order valence-corrected chi connectivity index (χ4v) is 1.86. The first kappa shape index (κ1) is 12.6. The van der Waals surface area contributed by atoms with Crippen LogP contribution in [0, 0.1) is 13.8 Å². The van der Waals surface area contributed by atoms with Crippen LogP contribution in [0.3, 0.4) is 0 Å². The first-order valence-corrected chi connectivity index (χ1v) is 5.85. The van der Waals surface area contributed by atoms with Crippen LogP contribution in [0.2, 0.25) is 5.02 Å². The van der Waals surface area contributed by atoms with Crippen molar-refractivity contribution in [3.63, 3.8) is 0 Å². The fourth-order valence-electron chi connectivity index (χ4n) is 1.68. The third kappa shape index (κ3) is 2.24. The molecule has 0 atom stereocenters. The molecular formula is C13H14ClN3O.